The van der Waals surface area contributed by atoms with Crippen molar-refractivity contribution in [2.45, 2.75) is 39.5 Å². The van der Waals surface area contributed by atoms with E-state index in [1.165, 1.54) is 60.6 Å². The van der Waals surface area contributed by atoms with Crippen LogP contribution in [0.5, 0.6) is 0 Å². The van der Waals surface area contributed by atoms with Crippen molar-refractivity contribution in [2.75, 3.05) is 0 Å². The normalized spacial score (nSPS) is 26.2. The molecule has 0 spiro atoms. The van der Waals surface area contributed by atoms with E-state index >= 15 is 0 Å². The summed E-state index contributed by atoms with van der Waals surface area (Å²) in [6.45, 7) is 8.75. The van der Waals surface area contributed by atoms with E-state index < -0.39 is 0 Å². The number of fused-ring (bicyclic) bond motifs is 8. The zero-order valence-electron chi connectivity index (χ0n) is 23.7. The number of hydrogen-bond donors (Lipinski definition) is 0. The fourth-order valence-electron chi connectivity index (χ4n) is 8.22. The lowest BCUT2D eigenvalue weighted by atomic mass is 9.59. The molecule has 6 heteroatoms. The molecule has 6 unspecified atom stereocenters. The molecule has 1 fully saturated rings. The Balaban J connectivity index is 1.08. The van der Waals surface area contributed by atoms with Crippen LogP contribution in [0.1, 0.15) is 67.3 Å². The van der Waals surface area contributed by atoms with Crippen LogP contribution < -0.4 is 0 Å². The van der Waals surface area contributed by atoms with Crippen LogP contribution in [0, 0.1) is 37.5 Å². The topological polar surface area (TPSA) is 34.1 Å². The summed E-state index contributed by atoms with van der Waals surface area (Å²) in [6, 6.07) is 22.1. The maximum atomic E-state index is 14.1. The lowest BCUT2D eigenvalue weighted by Gasteiger charge is -2.43. The zero-order valence-corrected chi connectivity index (χ0v) is 27.0. The first-order valence-electron chi connectivity index (χ1n) is 14.6. The van der Waals surface area contributed by atoms with Crippen molar-refractivity contribution < 1.29 is 9.59 Å². The summed E-state index contributed by atoms with van der Waals surface area (Å²) in [4.78, 5) is 35.5. The molecule has 9 rings (SSSR count). The van der Waals surface area contributed by atoms with E-state index in [1.54, 1.807) is 45.3 Å². The Labute approximate surface area is 260 Å². The fraction of sp³-hybridized carbons (Fsp3) is 0.278. The van der Waals surface area contributed by atoms with E-state index in [0.717, 1.165) is 11.1 Å². The first-order valence-corrected chi connectivity index (χ1v) is 17.9. The molecule has 42 heavy (non-hydrogen) atoms. The van der Waals surface area contributed by atoms with E-state index in [-0.39, 0.29) is 35.5 Å². The predicted molar refractivity (Wildman–Crippen MR) is 179 cm³/mol. The van der Waals surface area contributed by atoms with Gasteiger partial charge in [0.2, 0.25) is 0 Å². The molecule has 0 amide bonds. The highest BCUT2D eigenvalue weighted by Gasteiger charge is 2.60. The highest BCUT2D eigenvalue weighted by atomic mass is 32.1. The van der Waals surface area contributed by atoms with Gasteiger partial charge in [-0.25, -0.2) is 0 Å². The molecule has 3 aliphatic rings. The van der Waals surface area contributed by atoms with E-state index in [9.17, 15) is 9.59 Å². The van der Waals surface area contributed by atoms with Gasteiger partial charge in [-0.15, -0.1) is 45.3 Å². The second-order valence-corrected chi connectivity index (χ2v) is 17.0. The zero-order chi connectivity index (χ0) is 28.6. The minimum Gasteiger partial charge on any atom is -0.294 e. The van der Waals surface area contributed by atoms with Gasteiger partial charge in [-0.3, -0.25) is 9.59 Å². The molecule has 0 aliphatic heterocycles. The summed E-state index contributed by atoms with van der Waals surface area (Å²) < 4.78 is 2.56. The van der Waals surface area contributed by atoms with Gasteiger partial charge in [0.15, 0.2) is 11.6 Å². The third kappa shape index (κ3) is 3.41. The van der Waals surface area contributed by atoms with Gasteiger partial charge in [0.05, 0.1) is 0 Å². The van der Waals surface area contributed by atoms with Crippen LogP contribution in [0.2, 0.25) is 0 Å². The fourth-order valence-corrected chi connectivity index (χ4v) is 13.3. The SMILES string of the molecule is Cc1ccc2sc(-c3cc4c(s3)C3C(C)C5C(=O)c6cc(-c7cc8cc(C)ccc8s7)sc6C5C(C)C3C4=O)cc2c1. The second-order valence-electron chi connectivity index (χ2n) is 12.6. The molecule has 208 valence electrons. The molecule has 1 saturated carbocycles. The molecule has 0 radical (unpaired) electrons. The van der Waals surface area contributed by atoms with Crippen molar-refractivity contribution in [3.63, 3.8) is 0 Å². The molecule has 0 N–H and O–H groups in total. The molecule has 2 aromatic carbocycles. The van der Waals surface area contributed by atoms with Gasteiger partial charge >= 0.3 is 0 Å². The Kier molecular flexibility index (Phi) is 5.37. The van der Waals surface area contributed by atoms with Crippen molar-refractivity contribution in [2.24, 2.45) is 23.7 Å². The van der Waals surface area contributed by atoms with Crippen LogP contribution in [-0.2, 0) is 0 Å². The third-order valence-electron chi connectivity index (χ3n) is 10.1. The van der Waals surface area contributed by atoms with Gasteiger partial charge in [0.1, 0.15) is 0 Å². The van der Waals surface area contributed by atoms with Crippen molar-refractivity contribution in [1.82, 2.24) is 0 Å². The Bertz CT molecular complexity index is 1980. The Morgan fingerprint density at radius 3 is 1.33 bits per heavy atom. The number of ketones is 2. The van der Waals surface area contributed by atoms with Crippen molar-refractivity contribution in [1.29, 1.82) is 0 Å². The summed E-state index contributed by atoms with van der Waals surface area (Å²) in [5.74, 6) is 1.04. The highest BCUT2D eigenvalue weighted by molar-refractivity contribution is 7.27. The standard InChI is InChI=1S/C36H28O2S4/c1-15-5-7-23-19(9-15)11-25(39-23)27-13-21-33(37)29-18(4)32-30(17(3)31(29)35(21)41-27)34(38)22-14-28(42-36(22)32)26-12-20-10-16(2)6-8-24(20)40-26/h5-14,17-18,29-32H,1-4H3. The largest absolute Gasteiger partial charge is 0.294 e. The van der Waals surface area contributed by atoms with Gasteiger partial charge in [0, 0.05) is 73.5 Å². The van der Waals surface area contributed by atoms with Gasteiger partial charge in [-0.05, 0) is 72.9 Å². The lowest BCUT2D eigenvalue weighted by molar-refractivity contribution is 0.0551. The minimum atomic E-state index is -0.0433. The highest BCUT2D eigenvalue weighted by Crippen LogP contribution is 2.65. The third-order valence-corrected chi connectivity index (χ3v) is 15.2. The number of thiophene rings is 4. The van der Waals surface area contributed by atoms with Crippen LogP contribution in [0.3, 0.4) is 0 Å². The Morgan fingerprint density at radius 2 is 0.905 bits per heavy atom. The van der Waals surface area contributed by atoms with Crippen LogP contribution >= 0.6 is 45.3 Å². The first kappa shape index (κ1) is 25.6. The van der Waals surface area contributed by atoms with E-state index in [1.807, 2.05) is 0 Å². The van der Waals surface area contributed by atoms with E-state index in [4.69, 9.17) is 0 Å². The Hall–Kier alpha value is -2.90. The number of benzene rings is 2. The van der Waals surface area contributed by atoms with Gasteiger partial charge < -0.3 is 0 Å². The molecular weight excluding hydrogens is 593 g/mol. The minimum absolute atomic E-state index is 0.0433. The van der Waals surface area contributed by atoms with Crippen LogP contribution in [0.25, 0.3) is 39.7 Å². The smallest absolute Gasteiger partial charge is 0.168 e. The molecule has 3 aliphatic carbocycles. The number of rotatable bonds is 2. The van der Waals surface area contributed by atoms with Crippen LogP contribution in [0.4, 0.5) is 0 Å². The summed E-state index contributed by atoms with van der Waals surface area (Å²) >= 11 is 7.20. The molecule has 0 bridgehead atoms. The molecule has 6 aromatic rings. The summed E-state index contributed by atoms with van der Waals surface area (Å²) in [7, 11) is 0. The van der Waals surface area contributed by atoms with E-state index in [0.29, 0.717) is 11.6 Å². The van der Waals surface area contributed by atoms with Gasteiger partial charge in [-0.2, -0.15) is 0 Å². The van der Waals surface area contributed by atoms with Crippen LogP contribution in [-0.4, -0.2) is 11.6 Å². The van der Waals surface area contributed by atoms with Gasteiger partial charge in [-0.1, -0.05) is 49.2 Å². The van der Waals surface area contributed by atoms with Gasteiger partial charge in [0.25, 0.3) is 0 Å². The molecule has 0 saturated heterocycles. The second kappa shape index (κ2) is 8.82. The number of aryl methyl sites for hydroxylation is 2. The quantitative estimate of drug-likeness (QED) is 0.193. The Morgan fingerprint density at radius 1 is 0.500 bits per heavy atom. The van der Waals surface area contributed by atoms with Crippen molar-refractivity contribution in [3.8, 4) is 19.5 Å². The molecular formula is C36H28O2S4. The summed E-state index contributed by atoms with van der Waals surface area (Å²) in [5, 5.41) is 2.53. The number of Topliss-reactive ketones (excluding diaryl/α,β-unsaturated/α-hetero) is 2. The average molecular weight is 621 g/mol. The number of carbonyl (C=O) groups is 2. The first-order chi connectivity index (χ1) is 20.3. The molecule has 4 heterocycles. The number of carbonyl (C=O) groups excluding carboxylic acids is 2. The molecule has 6 atom stereocenters. The molecule has 4 aromatic heterocycles. The van der Waals surface area contributed by atoms with Crippen molar-refractivity contribution >= 4 is 77.1 Å². The maximum absolute atomic E-state index is 14.1. The predicted octanol–water partition coefficient (Wildman–Crippen LogP) is 11.0. The number of hydrogen-bond acceptors (Lipinski definition) is 6. The van der Waals surface area contributed by atoms with Crippen LogP contribution in [0.15, 0.2) is 60.7 Å². The average Bonchev–Trinajstić information content (AvgIpc) is 3.78. The summed E-state index contributed by atoms with van der Waals surface area (Å²) in [6.07, 6.45) is 0. The lowest BCUT2D eigenvalue weighted by Crippen LogP contribution is -2.42. The summed E-state index contributed by atoms with van der Waals surface area (Å²) in [5.41, 5.74) is 4.35. The molecule has 2 nitrogen and oxygen atoms in total. The van der Waals surface area contributed by atoms with Crippen molar-refractivity contribution in [3.05, 3.63) is 92.7 Å². The maximum Gasteiger partial charge on any atom is 0.168 e. The monoisotopic (exact) mass is 620 g/mol. The van der Waals surface area contributed by atoms with E-state index in [2.05, 4.69) is 88.4 Å².